The minimum absolute atomic E-state index is 0.0672. The molecule has 2 bridgehead atoms. The molecular weight excluding hydrogens is 338 g/mol. The molecule has 1 unspecified atom stereocenters. The van der Waals surface area contributed by atoms with E-state index in [0.717, 1.165) is 38.0 Å². The van der Waals surface area contributed by atoms with Crippen LogP contribution >= 0.6 is 0 Å². The molecule has 4 aliphatic heterocycles. The van der Waals surface area contributed by atoms with Gasteiger partial charge in [0.1, 0.15) is 12.1 Å². The summed E-state index contributed by atoms with van der Waals surface area (Å²) < 4.78 is 33.1. The standard InChI is InChI=1S/C20H26F2N2O2/c21-20(22)8-12-24(13-9-20)18(16-4-2-1-3-5-16)19(25)26-17-14-23-10-6-15(17)7-11-23/h1-5,15,17-18H,6-14H2/t17-,18?/m0/s1. The van der Waals surface area contributed by atoms with Gasteiger partial charge in [-0.25, -0.2) is 13.6 Å². The summed E-state index contributed by atoms with van der Waals surface area (Å²) in [5.41, 5.74) is 0.823. The van der Waals surface area contributed by atoms with Gasteiger partial charge in [0.25, 0.3) is 5.92 Å². The molecule has 6 heteroatoms. The number of hydrogen-bond acceptors (Lipinski definition) is 4. The first-order valence-corrected chi connectivity index (χ1v) is 9.61. The van der Waals surface area contributed by atoms with Crippen LogP contribution in [0.1, 0.15) is 37.3 Å². The molecule has 0 N–H and O–H groups in total. The third kappa shape index (κ3) is 3.76. The quantitative estimate of drug-likeness (QED) is 0.769. The number of carbonyl (C=O) groups is 1. The van der Waals surface area contributed by atoms with Crippen molar-refractivity contribution in [3.8, 4) is 0 Å². The van der Waals surface area contributed by atoms with Crippen LogP contribution < -0.4 is 0 Å². The number of benzene rings is 1. The minimum Gasteiger partial charge on any atom is -0.459 e. The van der Waals surface area contributed by atoms with Gasteiger partial charge in [0.05, 0.1) is 0 Å². The Bertz CT molecular complexity index is 622. The average molecular weight is 364 g/mol. The van der Waals surface area contributed by atoms with Crippen molar-refractivity contribution in [3.63, 3.8) is 0 Å². The van der Waals surface area contributed by atoms with E-state index in [2.05, 4.69) is 4.90 Å². The minimum atomic E-state index is -2.63. The molecule has 0 radical (unpaired) electrons. The molecular formula is C20H26F2N2O2. The molecule has 4 heterocycles. The number of esters is 1. The van der Waals surface area contributed by atoms with Crippen molar-refractivity contribution < 1.29 is 18.3 Å². The summed E-state index contributed by atoms with van der Waals surface area (Å²) in [5.74, 6) is -2.48. The van der Waals surface area contributed by atoms with Crippen LogP contribution in [0.3, 0.4) is 0 Å². The number of carbonyl (C=O) groups excluding carboxylic acids is 1. The normalized spacial score (nSPS) is 32.2. The highest BCUT2D eigenvalue weighted by atomic mass is 19.3. The van der Waals surface area contributed by atoms with Crippen LogP contribution in [0.2, 0.25) is 0 Å². The SMILES string of the molecule is O=C(O[C@H]1CN2CCC1CC2)C(c1ccccc1)N1CCC(F)(F)CC1. The molecule has 5 rings (SSSR count). The predicted molar refractivity (Wildman–Crippen MR) is 94.0 cm³/mol. The molecule has 4 nitrogen and oxygen atoms in total. The number of fused-ring (bicyclic) bond motifs is 3. The fourth-order valence-electron chi connectivity index (χ4n) is 4.50. The fraction of sp³-hybridized carbons (Fsp3) is 0.650. The summed E-state index contributed by atoms with van der Waals surface area (Å²) in [6, 6.07) is 8.82. The van der Waals surface area contributed by atoms with Gasteiger partial charge in [-0.2, -0.15) is 0 Å². The molecule has 0 aliphatic carbocycles. The number of rotatable bonds is 4. The maximum absolute atomic E-state index is 13.6. The van der Waals surface area contributed by atoms with E-state index < -0.39 is 12.0 Å². The molecule has 4 saturated heterocycles. The highest BCUT2D eigenvalue weighted by Crippen LogP contribution is 2.35. The zero-order chi connectivity index (χ0) is 18.1. The van der Waals surface area contributed by atoms with E-state index >= 15 is 0 Å². The van der Waals surface area contributed by atoms with Crippen LogP contribution in [0.5, 0.6) is 0 Å². The molecule has 0 amide bonds. The van der Waals surface area contributed by atoms with Crippen molar-refractivity contribution in [1.29, 1.82) is 0 Å². The van der Waals surface area contributed by atoms with E-state index in [1.54, 1.807) is 0 Å². The average Bonchev–Trinajstić information content (AvgIpc) is 2.65. The Labute approximate surface area is 153 Å². The van der Waals surface area contributed by atoms with Crippen LogP contribution in [0.4, 0.5) is 8.78 Å². The van der Waals surface area contributed by atoms with Crippen LogP contribution in [-0.2, 0) is 9.53 Å². The lowest BCUT2D eigenvalue weighted by Gasteiger charge is -2.45. The summed E-state index contributed by atoms with van der Waals surface area (Å²) in [4.78, 5) is 17.3. The molecule has 0 spiro atoms. The van der Waals surface area contributed by atoms with Gasteiger partial charge < -0.3 is 4.74 Å². The van der Waals surface area contributed by atoms with Crippen molar-refractivity contribution in [2.75, 3.05) is 32.7 Å². The van der Waals surface area contributed by atoms with E-state index in [9.17, 15) is 13.6 Å². The first kappa shape index (κ1) is 17.9. The Balaban J connectivity index is 1.50. The maximum Gasteiger partial charge on any atom is 0.328 e. The van der Waals surface area contributed by atoms with E-state index in [0.29, 0.717) is 5.92 Å². The number of alkyl halides is 2. The molecule has 1 aromatic carbocycles. The molecule has 0 saturated carbocycles. The smallest absolute Gasteiger partial charge is 0.328 e. The third-order valence-corrected chi connectivity index (χ3v) is 6.10. The van der Waals surface area contributed by atoms with E-state index in [4.69, 9.17) is 4.74 Å². The second-order valence-electron chi connectivity index (χ2n) is 7.82. The van der Waals surface area contributed by atoms with Gasteiger partial charge in [-0.15, -0.1) is 0 Å². The summed E-state index contributed by atoms with van der Waals surface area (Å²) in [7, 11) is 0. The van der Waals surface area contributed by atoms with Crippen molar-refractivity contribution in [2.45, 2.75) is 43.8 Å². The Morgan fingerprint density at radius 3 is 2.31 bits per heavy atom. The highest BCUT2D eigenvalue weighted by molar-refractivity contribution is 5.78. The second kappa shape index (κ2) is 7.24. The number of hydrogen-bond donors (Lipinski definition) is 0. The van der Waals surface area contributed by atoms with Crippen LogP contribution in [0.15, 0.2) is 30.3 Å². The maximum atomic E-state index is 13.6. The van der Waals surface area contributed by atoms with Crippen molar-refractivity contribution in [3.05, 3.63) is 35.9 Å². The Morgan fingerprint density at radius 1 is 1.08 bits per heavy atom. The van der Waals surface area contributed by atoms with Crippen LogP contribution in [0, 0.1) is 5.92 Å². The zero-order valence-electron chi connectivity index (χ0n) is 14.9. The summed E-state index contributed by atoms with van der Waals surface area (Å²) in [6.45, 7) is 3.39. The Morgan fingerprint density at radius 2 is 1.73 bits per heavy atom. The highest BCUT2D eigenvalue weighted by Gasteiger charge is 2.42. The van der Waals surface area contributed by atoms with Gasteiger partial charge in [0, 0.05) is 32.5 Å². The lowest BCUT2D eigenvalue weighted by molar-refractivity contribution is -0.168. The van der Waals surface area contributed by atoms with E-state index in [1.807, 2.05) is 35.2 Å². The molecule has 1 aromatic rings. The van der Waals surface area contributed by atoms with Crippen molar-refractivity contribution >= 4 is 5.97 Å². The molecule has 142 valence electrons. The number of halogens is 2. The summed E-state index contributed by atoms with van der Waals surface area (Å²) in [6.07, 6.45) is 1.67. The second-order valence-corrected chi connectivity index (χ2v) is 7.82. The van der Waals surface area contributed by atoms with E-state index in [1.165, 1.54) is 0 Å². The van der Waals surface area contributed by atoms with Gasteiger partial charge in [-0.1, -0.05) is 30.3 Å². The van der Waals surface area contributed by atoms with Crippen LogP contribution in [-0.4, -0.2) is 60.5 Å². The molecule has 4 fully saturated rings. The van der Waals surface area contributed by atoms with Gasteiger partial charge in [-0.05, 0) is 37.4 Å². The predicted octanol–water partition coefficient (Wildman–Crippen LogP) is 3.10. The van der Waals surface area contributed by atoms with Crippen LogP contribution in [0.25, 0.3) is 0 Å². The summed E-state index contributed by atoms with van der Waals surface area (Å²) in [5, 5.41) is 0. The van der Waals surface area contributed by atoms with Gasteiger partial charge in [0.15, 0.2) is 0 Å². The van der Waals surface area contributed by atoms with Gasteiger partial charge in [-0.3, -0.25) is 9.80 Å². The third-order valence-electron chi connectivity index (χ3n) is 6.10. The van der Waals surface area contributed by atoms with Gasteiger partial charge >= 0.3 is 5.97 Å². The molecule has 4 aliphatic rings. The molecule has 2 atom stereocenters. The lowest BCUT2D eigenvalue weighted by Crippen LogP contribution is -2.53. The Hall–Kier alpha value is -1.53. The topological polar surface area (TPSA) is 32.8 Å². The fourth-order valence-corrected chi connectivity index (χ4v) is 4.50. The molecule has 26 heavy (non-hydrogen) atoms. The number of piperidine rings is 4. The Kier molecular flexibility index (Phi) is 4.97. The number of nitrogens with zero attached hydrogens (tertiary/aromatic N) is 2. The largest absolute Gasteiger partial charge is 0.459 e. The lowest BCUT2D eigenvalue weighted by atomic mass is 9.86. The first-order chi connectivity index (χ1) is 12.5. The zero-order valence-corrected chi connectivity index (χ0v) is 14.9. The first-order valence-electron chi connectivity index (χ1n) is 9.61. The number of likely N-dealkylation sites (tertiary alicyclic amines) is 1. The van der Waals surface area contributed by atoms with Gasteiger partial charge in [0.2, 0.25) is 0 Å². The summed E-state index contributed by atoms with van der Waals surface area (Å²) >= 11 is 0. The molecule has 0 aromatic heterocycles. The number of ether oxygens (including phenoxy) is 1. The van der Waals surface area contributed by atoms with E-state index in [-0.39, 0.29) is 38.0 Å². The monoisotopic (exact) mass is 364 g/mol. The van der Waals surface area contributed by atoms with Crippen molar-refractivity contribution in [1.82, 2.24) is 9.80 Å². The van der Waals surface area contributed by atoms with Crippen molar-refractivity contribution in [2.24, 2.45) is 5.92 Å².